The molecule has 5 nitrogen and oxygen atoms in total. The van der Waals surface area contributed by atoms with Gasteiger partial charge in [-0.3, -0.25) is 4.79 Å². The van der Waals surface area contributed by atoms with Crippen molar-refractivity contribution in [1.29, 1.82) is 0 Å². The number of hydrogen-bond donors (Lipinski definition) is 2. The van der Waals surface area contributed by atoms with E-state index in [0.29, 0.717) is 6.54 Å². The van der Waals surface area contributed by atoms with Crippen LogP contribution in [0, 0.1) is 5.92 Å². The molecule has 23 heavy (non-hydrogen) atoms. The van der Waals surface area contributed by atoms with Crippen molar-refractivity contribution < 1.29 is 4.79 Å². The first-order valence-electron chi connectivity index (χ1n) is 8.83. The maximum Gasteiger partial charge on any atom is 0.225 e. The molecule has 2 atom stereocenters. The maximum absolute atomic E-state index is 12.4. The Morgan fingerprint density at radius 2 is 2.13 bits per heavy atom. The molecule has 2 fully saturated rings. The largest absolute Gasteiger partial charge is 0.357 e. The molecule has 2 unspecified atom stereocenters. The normalized spacial score (nSPS) is 27.9. The highest BCUT2D eigenvalue weighted by atomic mass is 16.1. The summed E-state index contributed by atoms with van der Waals surface area (Å²) in [7, 11) is 0. The average molecular weight is 316 g/mol. The van der Waals surface area contributed by atoms with Crippen molar-refractivity contribution in [3.63, 3.8) is 0 Å². The van der Waals surface area contributed by atoms with Gasteiger partial charge in [0.1, 0.15) is 5.82 Å². The third kappa shape index (κ3) is 3.83. The summed E-state index contributed by atoms with van der Waals surface area (Å²) >= 11 is 0. The molecule has 2 aliphatic rings. The van der Waals surface area contributed by atoms with E-state index in [1.54, 1.807) is 0 Å². The van der Waals surface area contributed by atoms with E-state index >= 15 is 0 Å². The average Bonchev–Trinajstić information content (AvgIpc) is 3.07. The van der Waals surface area contributed by atoms with Gasteiger partial charge in [-0.1, -0.05) is 18.9 Å². The molecule has 0 bridgehead atoms. The zero-order chi connectivity index (χ0) is 16.3. The maximum atomic E-state index is 12.4. The lowest BCUT2D eigenvalue weighted by Gasteiger charge is -2.37. The van der Waals surface area contributed by atoms with Crippen LogP contribution >= 0.6 is 0 Å². The summed E-state index contributed by atoms with van der Waals surface area (Å²) in [6, 6.07) is 4.11. The summed E-state index contributed by atoms with van der Waals surface area (Å²) in [5.74, 6) is 1.05. The molecule has 0 radical (unpaired) electrons. The molecule has 1 saturated carbocycles. The summed E-state index contributed by atoms with van der Waals surface area (Å²) < 4.78 is 0. The molecule has 1 aliphatic heterocycles. The Morgan fingerprint density at radius 3 is 2.78 bits per heavy atom. The predicted octanol–water partition coefficient (Wildman–Crippen LogP) is 2.21. The van der Waals surface area contributed by atoms with E-state index in [-0.39, 0.29) is 17.4 Å². The Kier molecular flexibility index (Phi) is 4.85. The van der Waals surface area contributed by atoms with Crippen molar-refractivity contribution in [3.05, 3.63) is 23.9 Å². The molecule has 3 rings (SSSR count). The van der Waals surface area contributed by atoms with Crippen LogP contribution in [0.15, 0.2) is 18.3 Å². The minimum atomic E-state index is -0.375. The third-order valence-corrected chi connectivity index (χ3v) is 5.28. The third-order valence-electron chi connectivity index (χ3n) is 5.28. The molecule has 0 spiro atoms. The monoisotopic (exact) mass is 316 g/mol. The van der Waals surface area contributed by atoms with E-state index in [2.05, 4.69) is 27.3 Å². The zero-order valence-corrected chi connectivity index (χ0v) is 14.1. The predicted molar refractivity (Wildman–Crippen MR) is 92.1 cm³/mol. The quantitative estimate of drug-likeness (QED) is 0.893. The lowest BCUT2D eigenvalue weighted by Crippen LogP contribution is -2.52. The summed E-state index contributed by atoms with van der Waals surface area (Å²) in [6.45, 7) is 4.72. The zero-order valence-electron chi connectivity index (χ0n) is 14.1. The highest BCUT2D eigenvalue weighted by Gasteiger charge is 2.37. The van der Waals surface area contributed by atoms with Crippen LogP contribution in [-0.2, 0) is 11.3 Å². The molecule has 1 saturated heterocycles. The molecule has 0 aromatic carbocycles. The Hall–Kier alpha value is -1.62. The van der Waals surface area contributed by atoms with Gasteiger partial charge in [-0.05, 0) is 44.2 Å². The van der Waals surface area contributed by atoms with E-state index in [1.165, 1.54) is 12.8 Å². The molecule has 1 amide bonds. The van der Waals surface area contributed by atoms with Gasteiger partial charge >= 0.3 is 0 Å². The Balaban J connectivity index is 1.54. The first-order valence-corrected chi connectivity index (χ1v) is 8.83. The number of hydrogen-bond acceptors (Lipinski definition) is 4. The van der Waals surface area contributed by atoms with Gasteiger partial charge in [-0.2, -0.15) is 0 Å². The van der Waals surface area contributed by atoms with Crippen LogP contribution in [0.4, 0.5) is 5.82 Å². The van der Waals surface area contributed by atoms with Crippen molar-refractivity contribution in [1.82, 2.24) is 10.3 Å². The molecule has 1 aliphatic carbocycles. The van der Waals surface area contributed by atoms with Crippen LogP contribution in [0.1, 0.15) is 51.0 Å². The molecule has 126 valence electrons. The van der Waals surface area contributed by atoms with Crippen LogP contribution in [-0.4, -0.2) is 29.5 Å². The highest BCUT2D eigenvalue weighted by Crippen LogP contribution is 2.31. The molecular weight excluding hydrogens is 288 g/mol. The number of carbonyl (C=O) groups is 1. The summed E-state index contributed by atoms with van der Waals surface area (Å²) in [6.07, 6.45) is 8.41. The number of anilines is 1. The van der Waals surface area contributed by atoms with Crippen molar-refractivity contribution in [2.45, 2.75) is 57.5 Å². The van der Waals surface area contributed by atoms with Crippen molar-refractivity contribution in [2.75, 3.05) is 18.0 Å². The first-order chi connectivity index (χ1) is 11.1. The standard InChI is InChI=1S/C18H28N4O/c1-18(19)9-3-2-6-15(18)17(23)21-13-14-7-8-16(20-12-14)22-10-4-5-11-22/h7-8,12,15H,2-6,9-11,13,19H2,1H3,(H,21,23). The van der Waals surface area contributed by atoms with Gasteiger partial charge in [-0.15, -0.1) is 0 Å². The molecule has 2 heterocycles. The van der Waals surface area contributed by atoms with Crippen LogP contribution in [0.25, 0.3) is 0 Å². The van der Waals surface area contributed by atoms with Gasteiger partial charge in [0.15, 0.2) is 0 Å². The van der Waals surface area contributed by atoms with Gasteiger partial charge in [0.2, 0.25) is 5.91 Å². The number of nitrogens with zero attached hydrogens (tertiary/aromatic N) is 2. The highest BCUT2D eigenvalue weighted by molar-refractivity contribution is 5.80. The van der Waals surface area contributed by atoms with Crippen LogP contribution in [0.3, 0.4) is 0 Å². The molecule has 1 aromatic heterocycles. The molecule has 3 N–H and O–H groups in total. The van der Waals surface area contributed by atoms with Crippen LogP contribution in [0.5, 0.6) is 0 Å². The van der Waals surface area contributed by atoms with E-state index in [4.69, 9.17) is 5.73 Å². The van der Waals surface area contributed by atoms with Crippen molar-refractivity contribution >= 4 is 11.7 Å². The van der Waals surface area contributed by atoms with Crippen LogP contribution in [0.2, 0.25) is 0 Å². The van der Waals surface area contributed by atoms with Gasteiger partial charge in [0, 0.05) is 31.4 Å². The van der Waals surface area contributed by atoms with Crippen LogP contribution < -0.4 is 16.0 Å². The van der Waals surface area contributed by atoms with Gasteiger partial charge in [0.05, 0.1) is 5.92 Å². The topological polar surface area (TPSA) is 71.2 Å². The van der Waals surface area contributed by atoms with Gasteiger partial charge in [-0.25, -0.2) is 4.98 Å². The Morgan fingerprint density at radius 1 is 1.35 bits per heavy atom. The van der Waals surface area contributed by atoms with E-state index < -0.39 is 0 Å². The second-order valence-corrected chi connectivity index (χ2v) is 7.24. The fraction of sp³-hybridized carbons (Fsp3) is 0.667. The molecule has 1 aromatic rings. The number of rotatable bonds is 4. The van der Waals surface area contributed by atoms with E-state index in [1.807, 2.05) is 13.1 Å². The smallest absolute Gasteiger partial charge is 0.225 e. The number of carbonyl (C=O) groups excluding carboxylic acids is 1. The Labute approximate surface area is 138 Å². The van der Waals surface area contributed by atoms with Gasteiger partial charge in [0.25, 0.3) is 0 Å². The second-order valence-electron chi connectivity index (χ2n) is 7.24. The lowest BCUT2D eigenvalue weighted by atomic mass is 9.74. The first kappa shape index (κ1) is 16.2. The molecular formula is C18H28N4O. The van der Waals surface area contributed by atoms with E-state index in [0.717, 1.165) is 50.2 Å². The number of nitrogens with one attached hydrogen (secondary N) is 1. The summed E-state index contributed by atoms with van der Waals surface area (Å²) in [5, 5.41) is 3.04. The van der Waals surface area contributed by atoms with Crippen molar-refractivity contribution in [2.24, 2.45) is 11.7 Å². The number of pyridine rings is 1. The summed E-state index contributed by atoms with van der Waals surface area (Å²) in [5.41, 5.74) is 6.97. The van der Waals surface area contributed by atoms with Crippen molar-refractivity contribution in [3.8, 4) is 0 Å². The lowest BCUT2D eigenvalue weighted by molar-refractivity contribution is -0.128. The number of nitrogens with two attached hydrogens (primary N) is 1. The fourth-order valence-electron chi connectivity index (χ4n) is 3.76. The number of amides is 1. The Bertz CT molecular complexity index is 534. The van der Waals surface area contributed by atoms with E-state index in [9.17, 15) is 4.79 Å². The van der Waals surface area contributed by atoms with Gasteiger partial charge < -0.3 is 16.0 Å². The SMILES string of the molecule is CC1(N)CCCCC1C(=O)NCc1ccc(N2CCCC2)nc1. The summed E-state index contributed by atoms with van der Waals surface area (Å²) in [4.78, 5) is 19.3. The minimum absolute atomic E-state index is 0.0758. The fourth-order valence-corrected chi connectivity index (χ4v) is 3.76. The molecule has 5 heteroatoms. The second kappa shape index (κ2) is 6.87. The minimum Gasteiger partial charge on any atom is -0.357 e. The number of aromatic nitrogens is 1.